The molecule has 0 saturated carbocycles. The Labute approximate surface area is 120 Å². The second-order valence-electron chi connectivity index (χ2n) is 4.87. The molecular formula is C14H13ClN2OS. The summed E-state index contributed by atoms with van der Waals surface area (Å²) in [4.78, 5) is 6.13. The predicted octanol–water partition coefficient (Wildman–Crippen LogP) is 3.03. The number of benzene rings is 1. The van der Waals surface area contributed by atoms with E-state index in [1.54, 1.807) is 11.3 Å². The van der Waals surface area contributed by atoms with Crippen LogP contribution < -0.4 is 5.32 Å². The van der Waals surface area contributed by atoms with Gasteiger partial charge in [-0.2, -0.15) is 0 Å². The second kappa shape index (κ2) is 4.56. The highest BCUT2D eigenvalue weighted by atomic mass is 35.5. The fourth-order valence-corrected chi connectivity index (χ4v) is 4.02. The zero-order valence-electron chi connectivity index (χ0n) is 10.3. The summed E-state index contributed by atoms with van der Waals surface area (Å²) in [7, 11) is 0. The Morgan fingerprint density at radius 3 is 3.21 bits per heavy atom. The van der Waals surface area contributed by atoms with E-state index >= 15 is 0 Å². The second-order valence-corrected chi connectivity index (χ2v) is 6.42. The Morgan fingerprint density at radius 1 is 1.42 bits per heavy atom. The minimum atomic E-state index is 0.111. The van der Waals surface area contributed by atoms with Gasteiger partial charge < -0.3 is 10.1 Å². The molecule has 1 aliphatic heterocycles. The monoisotopic (exact) mass is 292 g/mol. The molecule has 3 nitrogen and oxygen atoms in total. The number of hydrogen-bond donors (Lipinski definition) is 1. The third-order valence-corrected chi connectivity index (χ3v) is 4.97. The molecule has 1 aliphatic carbocycles. The van der Waals surface area contributed by atoms with Crippen molar-refractivity contribution >= 4 is 22.9 Å². The Morgan fingerprint density at radius 2 is 2.37 bits per heavy atom. The summed E-state index contributed by atoms with van der Waals surface area (Å²) in [5.74, 6) is 0. The minimum Gasteiger partial charge on any atom is -0.368 e. The first-order valence-corrected chi connectivity index (χ1v) is 7.61. The fourth-order valence-electron chi connectivity index (χ4n) is 2.67. The quantitative estimate of drug-likeness (QED) is 0.748. The first-order chi connectivity index (χ1) is 9.31. The molecule has 1 aromatic carbocycles. The largest absolute Gasteiger partial charge is 0.368 e. The van der Waals surface area contributed by atoms with Gasteiger partial charge in [0.1, 0.15) is 11.1 Å². The van der Waals surface area contributed by atoms with Crippen LogP contribution in [0.2, 0.25) is 5.02 Å². The normalized spacial score (nSPS) is 21.2. The van der Waals surface area contributed by atoms with Crippen LogP contribution in [-0.2, 0) is 11.2 Å². The SMILES string of the molecule is Clc1ccc2c(c1)Cc1sc(C3CNCCO3)nc1-2. The van der Waals surface area contributed by atoms with Gasteiger partial charge in [0, 0.05) is 35.0 Å². The molecule has 1 atom stereocenters. The van der Waals surface area contributed by atoms with E-state index in [0.717, 1.165) is 41.8 Å². The lowest BCUT2D eigenvalue weighted by Gasteiger charge is -2.21. The summed E-state index contributed by atoms with van der Waals surface area (Å²) in [6.07, 6.45) is 1.06. The van der Waals surface area contributed by atoms with Gasteiger partial charge in [-0.15, -0.1) is 11.3 Å². The highest BCUT2D eigenvalue weighted by Crippen LogP contribution is 2.42. The predicted molar refractivity (Wildman–Crippen MR) is 76.9 cm³/mol. The van der Waals surface area contributed by atoms with Crippen molar-refractivity contribution in [2.24, 2.45) is 0 Å². The molecular weight excluding hydrogens is 280 g/mol. The van der Waals surface area contributed by atoms with Crippen molar-refractivity contribution in [2.45, 2.75) is 12.5 Å². The van der Waals surface area contributed by atoms with Crippen molar-refractivity contribution < 1.29 is 4.74 Å². The van der Waals surface area contributed by atoms with Crippen molar-refractivity contribution in [2.75, 3.05) is 19.7 Å². The minimum absolute atomic E-state index is 0.111. The van der Waals surface area contributed by atoms with E-state index in [1.807, 2.05) is 12.1 Å². The number of ether oxygens (including phenoxy) is 1. The van der Waals surface area contributed by atoms with Crippen molar-refractivity contribution in [3.05, 3.63) is 38.7 Å². The van der Waals surface area contributed by atoms with Gasteiger partial charge in [0.05, 0.1) is 12.3 Å². The van der Waals surface area contributed by atoms with Crippen LogP contribution in [0.15, 0.2) is 18.2 Å². The molecule has 4 rings (SSSR count). The van der Waals surface area contributed by atoms with E-state index in [1.165, 1.54) is 16.0 Å². The van der Waals surface area contributed by atoms with E-state index in [-0.39, 0.29) is 6.10 Å². The molecule has 1 aromatic heterocycles. The van der Waals surface area contributed by atoms with Crippen molar-refractivity contribution in [1.82, 2.24) is 10.3 Å². The Kier molecular flexibility index (Phi) is 2.84. The molecule has 98 valence electrons. The average molecular weight is 293 g/mol. The molecule has 1 N–H and O–H groups in total. The molecule has 5 heteroatoms. The van der Waals surface area contributed by atoms with E-state index in [0.29, 0.717) is 0 Å². The maximum absolute atomic E-state index is 6.04. The van der Waals surface area contributed by atoms with Gasteiger partial charge in [0.2, 0.25) is 0 Å². The summed E-state index contributed by atoms with van der Waals surface area (Å²) >= 11 is 7.81. The Bertz CT molecular complexity index is 634. The Balaban J connectivity index is 1.71. The van der Waals surface area contributed by atoms with Crippen LogP contribution in [-0.4, -0.2) is 24.7 Å². The number of halogens is 1. The topological polar surface area (TPSA) is 34.1 Å². The lowest BCUT2D eigenvalue weighted by atomic mass is 10.1. The molecule has 2 aliphatic rings. The third-order valence-electron chi connectivity index (χ3n) is 3.59. The van der Waals surface area contributed by atoms with Crippen LogP contribution in [0.3, 0.4) is 0 Å². The molecule has 19 heavy (non-hydrogen) atoms. The van der Waals surface area contributed by atoms with Gasteiger partial charge in [-0.3, -0.25) is 0 Å². The van der Waals surface area contributed by atoms with Crippen LogP contribution in [0.5, 0.6) is 0 Å². The number of aromatic nitrogens is 1. The first kappa shape index (κ1) is 11.9. The van der Waals surface area contributed by atoms with Crippen LogP contribution in [0.25, 0.3) is 11.3 Å². The van der Waals surface area contributed by atoms with Gasteiger partial charge in [-0.05, 0) is 17.7 Å². The van der Waals surface area contributed by atoms with E-state index in [2.05, 4.69) is 11.4 Å². The van der Waals surface area contributed by atoms with Crippen molar-refractivity contribution in [1.29, 1.82) is 0 Å². The molecule has 2 aromatic rings. The standard InChI is InChI=1S/C14H13ClN2OS/c15-9-1-2-10-8(5-9)6-12-13(10)17-14(19-12)11-7-16-3-4-18-11/h1-2,5,11,16H,3-4,6-7H2. The zero-order chi connectivity index (χ0) is 12.8. The van der Waals surface area contributed by atoms with Crippen LogP contribution in [0.4, 0.5) is 0 Å². The van der Waals surface area contributed by atoms with Crippen molar-refractivity contribution in [3.63, 3.8) is 0 Å². The molecule has 1 unspecified atom stereocenters. The molecule has 0 bridgehead atoms. The number of thiazole rings is 1. The summed E-state index contributed by atoms with van der Waals surface area (Å²) in [5, 5.41) is 5.24. The first-order valence-electron chi connectivity index (χ1n) is 6.42. The van der Waals surface area contributed by atoms with Gasteiger partial charge in [0.25, 0.3) is 0 Å². The summed E-state index contributed by atoms with van der Waals surface area (Å²) in [6.45, 7) is 2.56. The number of fused-ring (bicyclic) bond motifs is 3. The van der Waals surface area contributed by atoms with E-state index in [9.17, 15) is 0 Å². The van der Waals surface area contributed by atoms with Gasteiger partial charge in [0.15, 0.2) is 0 Å². The third kappa shape index (κ3) is 1.99. The average Bonchev–Trinajstić information content (AvgIpc) is 2.96. The van der Waals surface area contributed by atoms with Crippen LogP contribution >= 0.6 is 22.9 Å². The van der Waals surface area contributed by atoms with Crippen LogP contribution in [0.1, 0.15) is 21.6 Å². The van der Waals surface area contributed by atoms with E-state index in [4.69, 9.17) is 21.3 Å². The van der Waals surface area contributed by atoms with Gasteiger partial charge in [-0.1, -0.05) is 17.7 Å². The summed E-state index contributed by atoms with van der Waals surface area (Å²) < 4.78 is 5.77. The van der Waals surface area contributed by atoms with E-state index < -0.39 is 0 Å². The lowest BCUT2D eigenvalue weighted by Crippen LogP contribution is -2.33. The molecule has 0 amide bonds. The zero-order valence-corrected chi connectivity index (χ0v) is 11.9. The highest BCUT2D eigenvalue weighted by molar-refractivity contribution is 7.12. The van der Waals surface area contributed by atoms with Crippen molar-refractivity contribution in [3.8, 4) is 11.3 Å². The van der Waals surface area contributed by atoms with Crippen LogP contribution in [0, 0.1) is 0 Å². The lowest BCUT2D eigenvalue weighted by molar-refractivity contribution is 0.0276. The Hall–Kier alpha value is -0.940. The maximum Gasteiger partial charge on any atom is 0.124 e. The number of morpholine rings is 1. The summed E-state index contributed by atoms with van der Waals surface area (Å²) in [6, 6.07) is 6.06. The molecule has 1 saturated heterocycles. The van der Waals surface area contributed by atoms with Gasteiger partial charge in [-0.25, -0.2) is 4.98 Å². The number of nitrogens with one attached hydrogen (secondary N) is 1. The number of hydrogen-bond acceptors (Lipinski definition) is 4. The number of rotatable bonds is 1. The smallest absolute Gasteiger partial charge is 0.124 e. The molecule has 2 heterocycles. The van der Waals surface area contributed by atoms with Gasteiger partial charge >= 0.3 is 0 Å². The summed E-state index contributed by atoms with van der Waals surface area (Å²) in [5.41, 5.74) is 3.64. The molecule has 0 spiro atoms. The fraction of sp³-hybridized carbons (Fsp3) is 0.357. The highest BCUT2D eigenvalue weighted by Gasteiger charge is 2.27. The number of nitrogens with zero attached hydrogens (tertiary/aromatic N) is 1. The molecule has 1 fully saturated rings. The molecule has 0 radical (unpaired) electrons. The maximum atomic E-state index is 6.04.